The molecule has 1 heterocycles. The highest BCUT2D eigenvalue weighted by atomic mass is 19.1. The van der Waals surface area contributed by atoms with Crippen LogP contribution in [0.3, 0.4) is 0 Å². The summed E-state index contributed by atoms with van der Waals surface area (Å²) in [6.07, 6.45) is -0.0806. The Morgan fingerprint density at radius 1 is 1.15 bits per heavy atom. The van der Waals surface area contributed by atoms with Gasteiger partial charge in [-0.15, -0.1) is 0 Å². The molecule has 1 aliphatic heterocycles. The molecular formula is C19H16FN3O3. The first kappa shape index (κ1) is 17.4. The molecule has 1 fully saturated rings. The van der Waals surface area contributed by atoms with E-state index in [1.807, 2.05) is 0 Å². The topological polar surface area (TPSA) is 84.6 Å². The third-order valence-corrected chi connectivity index (χ3v) is 4.29. The molecule has 2 aromatic rings. The van der Waals surface area contributed by atoms with Crippen LogP contribution < -0.4 is 4.90 Å². The number of rotatable bonds is 5. The Morgan fingerprint density at radius 3 is 2.46 bits per heavy atom. The quantitative estimate of drug-likeness (QED) is 0.895. The fraction of sp³-hybridized carbons (Fsp3) is 0.211. The molecule has 0 spiro atoms. The van der Waals surface area contributed by atoms with E-state index in [1.165, 1.54) is 17.0 Å². The molecule has 0 bridgehead atoms. The second kappa shape index (κ2) is 7.23. The summed E-state index contributed by atoms with van der Waals surface area (Å²) in [6.45, 7) is 1.16. The number of anilines is 1. The lowest BCUT2D eigenvalue weighted by atomic mass is 10.0. The van der Waals surface area contributed by atoms with E-state index in [2.05, 4.69) is 0 Å². The van der Waals surface area contributed by atoms with E-state index in [4.69, 9.17) is 10.4 Å². The van der Waals surface area contributed by atoms with Crippen molar-refractivity contribution in [1.29, 1.82) is 5.26 Å². The van der Waals surface area contributed by atoms with Crippen molar-refractivity contribution < 1.29 is 19.1 Å². The molecule has 2 aromatic carbocycles. The van der Waals surface area contributed by atoms with Crippen molar-refractivity contribution in [2.45, 2.75) is 6.42 Å². The molecule has 3 rings (SSSR count). The maximum atomic E-state index is 13.8. The average molecular weight is 353 g/mol. The Hall–Kier alpha value is -3.40. The second-order valence-electron chi connectivity index (χ2n) is 5.92. The number of carbonyl (C=O) groups is 2. The molecule has 0 atom stereocenters. The number of hydrogen-bond acceptors (Lipinski definition) is 3. The standard InChI is InChI=1S/C19H16FN3O3/c20-17-11-14(1-2-15(17)12-21)13-3-5-16(6-4-13)23-10-9-22(19(23)26)8-7-18(24)25/h1-6,11H,7-10H2,(H,24,25). The molecular weight excluding hydrogens is 337 g/mol. The molecule has 0 radical (unpaired) electrons. The van der Waals surface area contributed by atoms with Crippen molar-refractivity contribution in [2.24, 2.45) is 0 Å². The first-order chi connectivity index (χ1) is 12.5. The minimum Gasteiger partial charge on any atom is -0.481 e. The SMILES string of the molecule is N#Cc1ccc(-c2ccc(N3CCN(CCC(=O)O)C3=O)cc2)cc1F. The van der Waals surface area contributed by atoms with Gasteiger partial charge in [0.1, 0.15) is 11.9 Å². The number of nitrogens with zero attached hydrogens (tertiary/aromatic N) is 3. The summed E-state index contributed by atoms with van der Waals surface area (Å²) in [6, 6.07) is 13.1. The highest BCUT2D eigenvalue weighted by molar-refractivity contribution is 5.94. The number of carboxylic acids is 1. The Labute approximate surface area is 149 Å². The predicted octanol–water partition coefficient (Wildman–Crippen LogP) is 3.08. The van der Waals surface area contributed by atoms with Gasteiger partial charge in [0, 0.05) is 25.3 Å². The van der Waals surface area contributed by atoms with E-state index in [9.17, 15) is 14.0 Å². The summed E-state index contributed by atoms with van der Waals surface area (Å²) in [7, 11) is 0. The minimum atomic E-state index is -0.935. The Bertz CT molecular complexity index is 890. The van der Waals surface area contributed by atoms with E-state index >= 15 is 0 Å². The van der Waals surface area contributed by atoms with Gasteiger partial charge < -0.3 is 10.0 Å². The Kier molecular flexibility index (Phi) is 4.85. The van der Waals surface area contributed by atoms with Crippen molar-refractivity contribution in [1.82, 2.24) is 4.90 Å². The van der Waals surface area contributed by atoms with E-state index < -0.39 is 11.8 Å². The normalized spacial score (nSPS) is 13.8. The lowest BCUT2D eigenvalue weighted by Gasteiger charge is -2.18. The van der Waals surface area contributed by atoms with E-state index in [-0.39, 0.29) is 24.6 Å². The summed E-state index contributed by atoms with van der Waals surface area (Å²) in [5.74, 6) is -1.51. The zero-order valence-corrected chi connectivity index (χ0v) is 13.9. The zero-order valence-electron chi connectivity index (χ0n) is 13.9. The summed E-state index contributed by atoms with van der Waals surface area (Å²) < 4.78 is 13.8. The number of carboxylic acid groups (broad SMARTS) is 1. The van der Waals surface area contributed by atoms with Crippen molar-refractivity contribution in [3.63, 3.8) is 0 Å². The summed E-state index contributed by atoms with van der Waals surface area (Å²) in [4.78, 5) is 26.1. The van der Waals surface area contributed by atoms with Gasteiger partial charge in [-0.1, -0.05) is 18.2 Å². The van der Waals surface area contributed by atoms with E-state index in [0.717, 1.165) is 5.56 Å². The summed E-state index contributed by atoms with van der Waals surface area (Å²) in [5, 5.41) is 17.5. The first-order valence-electron chi connectivity index (χ1n) is 8.08. The minimum absolute atomic E-state index is 0.00511. The van der Waals surface area contributed by atoms with Gasteiger partial charge in [0.15, 0.2) is 0 Å². The largest absolute Gasteiger partial charge is 0.481 e. The number of nitriles is 1. The first-order valence-corrected chi connectivity index (χ1v) is 8.08. The molecule has 2 amide bonds. The van der Waals surface area contributed by atoms with Crippen LogP contribution in [0.15, 0.2) is 42.5 Å². The van der Waals surface area contributed by atoms with Crippen LogP contribution in [0, 0.1) is 17.1 Å². The molecule has 0 saturated carbocycles. The van der Waals surface area contributed by atoms with Crippen molar-refractivity contribution in [3.8, 4) is 17.2 Å². The number of urea groups is 1. The van der Waals surface area contributed by atoms with Gasteiger partial charge >= 0.3 is 12.0 Å². The number of hydrogen-bond donors (Lipinski definition) is 1. The van der Waals surface area contributed by atoms with E-state index in [1.54, 1.807) is 41.3 Å². The average Bonchev–Trinajstić information content (AvgIpc) is 3.00. The molecule has 1 saturated heterocycles. The molecule has 6 nitrogen and oxygen atoms in total. The molecule has 132 valence electrons. The van der Waals surface area contributed by atoms with Crippen LogP contribution in [0.4, 0.5) is 14.9 Å². The summed E-state index contributed by atoms with van der Waals surface area (Å²) in [5.41, 5.74) is 2.11. The van der Waals surface area contributed by atoms with Crippen LogP contribution >= 0.6 is 0 Å². The molecule has 7 heteroatoms. The van der Waals surface area contributed by atoms with Gasteiger partial charge in [-0.2, -0.15) is 5.26 Å². The van der Waals surface area contributed by atoms with Crippen LogP contribution in [-0.4, -0.2) is 41.6 Å². The second-order valence-corrected chi connectivity index (χ2v) is 5.92. The third kappa shape index (κ3) is 3.49. The highest BCUT2D eigenvalue weighted by Gasteiger charge is 2.29. The monoisotopic (exact) mass is 353 g/mol. The van der Waals surface area contributed by atoms with Crippen molar-refractivity contribution in [3.05, 3.63) is 53.8 Å². The van der Waals surface area contributed by atoms with Crippen LogP contribution in [0.5, 0.6) is 0 Å². The number of amides is 2. The third-order valence-electron chi connectivity index (χ3n) is 4.29. The fourth-order valence-electron chi connectivity index (χ4n) is 2.88. The van der Waals surface area contributed by atoms with Gasteiger partial charge in [0.25, 0.3) is 0 Å². The lowest BCUT2D eigenvalue weighted by Crippen LogP contribution is -2.33. The maximum absolute atomic E-state index is 13.8. The molecule has 0 unspecified atom stereocenters. The Morgan fingerprint density at radius 2 is 1.85 bits per heavy atom. The van der Waals surface area contributed by atoms with Crippen LogP contribution in [-0.2, 0) is 4.79 Å². The van der Waals surface area contributed by atoms with Crippen molar-refractivity contribution >= 4 is 17.7 Å². The predicted molar refractivity (Wildman–Crippen MR) is 93.1 cm³/mol. The molecule has 1 N–H and O–H groups in total. The van der Waals surface area contributed by atoms with E-state index in [0.29, 0.717) is 24.3 Å². The fourth-order valence-corrected chi connectivity index (χ4v) is 2.88. The van der Waals surface area contributed by atoms with Gasteiger partial charge in [0.2, 0.25) is 0 Å². The Balaban J connectivity index is 1.74. The molecule has 0 aliphatic carbocycles. The number of halogens is 1. The van der Waals surface area contributed by atoms with Gasteiger partial charge in [0.05, 0.1) is 12.0 Å². The molecule has 0 aromatic heterocycles. The maximum Gasteiger partial charge on any atom is 0.324 e. The smallest absolute Gasteiger partial charge is 0.324 e. The number of aliphatic carboxylic acids is 1. The van der Waals surface area contributed by atoms with Crippen LogP contribution in [0.2, 0.25) is 0 Å². The van der Waals surface area contributed by atoms with Gasteiger partial charge in [-0.3, -0.25) is 9.69 Å². The van der Waals surface area contributed by atoms with Gasteiger partial charge in [-0.05, 0) is 35.4 Å². The summed E-state index contributed by atoms with van der Waals surface area (Å²) >= 11 is 0. The van der Waals surface area contributed by atoms with Crippen molar-refractivity contribution in [2.75, 3.05) is 24.5 Å². The number of carbonyl (C=O) groups excluding carboxylic acids is 1. The number of benzene rings is 2. The van der Waals surface area contributed by atoms with Crippen LogP contribution in [0.25, 0.3) is 11.1 Å². The molecule has 1 aliphatic rings. The van der Waals surface area contributed by atoms with Crippen LogP contribution in [0.1, 0.15) is 12.0 Å². The van der Waals surface area contributed by atoms with Gasteiger partial charge in [-0.25, -0.2) is 9.18 Å². The lowest BCUT2D eigenvalue weighted by molar-refractivity contribution is -0.137. The zero-order chi connectivity index (χ0) is 18.7. The highest BCUT2D eigenvalue weighted by Crippen LogP contribution is 2.26. The molecule has 26 heavy (non-hydrogen) atoms.